The number of amides is 3. The summed E-state index contributed by atoms with van der Waals surface area (Å²) in [6.07, 6.45) is 1.47. The third kappa shape index (κ3) is 6.07. The van der Waals surface area contributed by atoms with Crippen molar-refractivity contribution in [2.75, 3.05) is 16.0 Å². The summed E-state index contributed by atoms with van der Waals surface area (Å²) in [6.45, 7) is 3.81. The molecule has 0 atom stereocenters. The predicted octanol–water partition coefficient (Wildman–Crippen LogP) is 4.77. The number of nitrogens with zero attached hydrogens (tertiary/aromatic N) is 1. The molecule has 0 aliphatic rings. The summed E-state index contributed by atoms with van der Waals surface area (Å²) < 4.78 is 5.47. The van der Waals surface area contributed by atoms with Gasteiger partial charge in [-0.2, -0.15) is 0 Å². The highest BCUT2D eigenvalue weighted by molar-refractivity contribution is 6.05. The fourth-order valence-electron chi connectivity index (χ4n) is 2.52. The minimum absolute atomic E-state index is 0.0107. The van der Waals surface area contributed by atoms with E-state index in [0.29, 0.717) is 28.5 Å². The molecule has 1 heterocycles. The maximum absolute atomic E-state index is 12.4. The van der Waals surface area contributed by atoms with Crippen molar-refractivity contribution in [3.05, 3.63) is 78.5 Å². The Labute approximate surface area is 169 Å². The van der Waals surface area contributed by atoms with Gasteiger partial charge < -0.3 is 20.7 Å². The van der Waals surface area contributed by atoms with Gasteiger partial charge in [-0.25, -0.2) is 9.78 Å². The molecule has 0 saturated carbocycles. The van der Waals surface area contributed by atoms with Crippen LogP contribution in [-0.2, 0) is 0 Å². The molecule has 3 aromatic rings. The van der Waals surface area contributed by atoms with Crippen molar-refractivity contribution in [3.8, 4) is 5.88 Å². The lowest BCUT2D eigenvalue weighted by atomic mass is 10.2. The Bertz CT molecular complexity index is 973. The summed E-state index contributed by atoms with van der Waals surface area (Å²) in [7, 11) is 0. The van der Waals surface area contributed by atoms with Crippen molar-refractivity contribution >= 4 is 29.0 Å². The highest BCUT2D eigenvalue weighted by Crippen LogP contribution is 2.17. The van der Waals surface area contributed by atoms with Gasteiger partial charge in [-0.15, -0.1) is 0 Å². The van der Waals surface area contributed by atoms with Crippen LogP contribution in [-0.4, -0.2) is 23.0 Å². The Morgan fingerprint density at radius 3 is 2.14 bits per heavy atom. The third-order valence-corrected chi connectivity index (χ3v) is 3.76. The second-order valence-corrected chi connectivity index (χ2v) is 6.53. The van der Waals surface area contributed by atoms with Crippen LogP contribution < -0.4 is 20.7 Å². The van der Waals surface area contributed by atoms with Crippen molar-refractivity contribution in [1.82, 2.24) is 4.98 Å². The molecule has 29 heavy (non-hydrogen) atoms. The van der Waals surface area contributed by atoms with Gasteiger partial charge in [-0.1, -0.05) is 24.3 Å². The SMILES string of the molecule is CC(C)Oc1ccc(C(=O)Nc2cccc(NC(=O)Nc3ccccc3)c2)cn1. The molecule has 7 nitrogen and oxygen atoms in total. The lowest BCUT2D eigenvalue weighted by Gasteiger charge is -2.11. The first-order valence-corrected chi connectivity index (χ1v) is 9.17. The van der Waals surface area contributed by atoms with Gasteiger partial charge in [0.1, 0.15) is 0 Å². The Morgan fingerprint density at radius 2 is 1.48 bits per heavy atom. The van der Waals surface area contributed by atoms with Gasteiger partial charge in [-0.05, 0) is 50.2 Å². The standard InChI is InChI=1S/C22H22N4O3/c1-15(2)29-20-12-11-16(14-23-20)21(27)24-18-9-6-10-19(13-18)26-22(28)25-17-7-4-3-5-8-17/h3-15H,1-2H3,(H,24,27)(H2,25,26,28). The smallest absolute Gasteiger partial charge is 0.323 e. The largest absolute Gasteiger partial charge is 0.475 e. The summed E-state index contributed by atoms with van der Waals surface area (Å²) in [6, 6.07) is 18.9. The van der Waals surface area contributed by atoms with E-state index in [2.05, 4.69) is 20.9 Å². The average molecular weight is 390 g/mol. The number of carbonyl (C=O) groups is 2. The number of hydrogen-bond acceptors (Lipinski definition) is 4. The van der Waals surface area contributed by atoms with E-state index < -0.39 is 0 Å². The fourth-order valence-corrected chi connectivity index (χ4v) is 2.52. The molecule has 1 aromatic heterocycles. The van der Waals surface area contributed by atoms with Crippen LogP contribution in [0.15, 0.2) is 72.9 Å². The second-order valence-electron chi connectivity index (χ2n) is 6.53. The van der Waals surface area contributed by atoms with Crippen LogP contribution in [0.4, 0.5) is 21.9 Å². The van der Waals surface area contributed by atoms with Crippen molar-refractivity contribution in [2.45, 2.75) is 20.0 Å². The van der Waals surface area contributed by atoms with E-state index >= 15 is 0 Å². The first-order valence-electron chi connectivity index (χ1n) is 9.17. The van der Waals surface area contributed by atoms with Crippen LogP contribution in [0.5, 0.6) is 5.88 Å². The van der Waals surface area contributed by atoms with Gasteiger partial charge in [-0.3, -0.25) is 4.79 Å². The highest BCUT2D eigenvalue weighted by atomic mass is 16.5. The number of urea groups is 1. The quantitative estimate of drug-likeness (QED) is 0.565. The Hall–Kier alpha value is -3.87. The van der Waals surface area contributed by atoms with Crippen LogP contribution >= 0.6 is 0 Å². The molecule has 3 rings (SSSR count). The van der Waals surface area contributed by atoms with Crippen LogP contribution in [0.2, 0.25) is 0 Å². The Kier molecular flexibility index (Phi) is 6.42. The summed E-state index contributed by atoms with van der Waals surface area (Å²) >= 11 is 0. The molecule has 0 fully saturated rings. The van der Waals surface area contributed by atoms with E-state index in [1.165, 1.54) is 6.20 Å². The van der Waals surface area contributed by atoms with Crippen LogP contribution in [0.3, 0.4) is 0 Å². The molecule has 0 radical (unpaired) electrons. The van der Waals surface area contributed by atoms with Crippen molar-refractivity contribution in [3.63, 3.8) is 0 Å². The first kappa shape index (κ1) is 19.9. The number of rotatable bonds is 6. The molecule has 3 N–H and O–H groups in total. The molecule has 0 saturated heterocycles. The highest BCUT2D eigenvalue weighted by Gasteiger charge is 2.09. The van der Waals surface area contributed by atoms with E-state index in [1.54, 1.807) is 48.5 Å². The normalized spacial score (nSPS) is 10.3. The molecular weight excluding hydrogens is 368 g/mol. The monoisotopic (exact) mass is 390 g/mol. The van der Waals surface area contributed by atoms with Gasteiger partial charge in [0, 0.05) is 29.3 Å². The molecule has 0 aliphatic carbocycles. The van der Waals surface area contributed by atoms with E-state index in [-0.39, 0.29) is 18.0 Å². The number of benzene rings is 2. The van der Waals surface area contributed by atoms with E-state index in [0.717, 1.165) is 0 Å². The lowest BCUT2D eigenvalue weighted by Crippen LogP contribution is -2.19. The summed E-state index contributed by atoms with van der Waals surface area (Å²) in [5.74, 6) is 0.159. The number of carbonyl (C=O) groups excluding carboxylic acids is 2. The minimum Gasteiger partial charge on any atom is -0.475 e. The number of pyridine rings is 1. The summed E-state index contributed by atoms with van der Waals surface area (Å²) in [5.41, 5.74) is 2.19. The molecule has 148 valence electrons. The van der Waals surface area contributed by atoms with Crippen molar-refractivity contribution < 1.29 is 14.3 Å². The Morgan fingerprint density at radius 1 is 0.828 bits per heavy atom. The van der Waals surface area contributed by atoms with Gasteiger partial charge in [0.25, 0.3) is 5.91 Å². The molecule has 0 bridgehead atoms. The maximum Gasteiger partial charge on any atom is 0.323 e. The van der Waals surface area contributed by atoms with Crippen LogP contribution in [0.1, 0.15) is 24.2 Å². The van der Waals surface area contributed by atoms with Crippen molar-refractivity contribution in [2.24, 2.45) is 0 Å². The topological polar surface area (TPSA) is 92.4 Å². The molecular formula is C22H22N4O3. The fraction of sp³-hybridized carbons (Fsp3) is 0.136. The molecule has 0 unspecified atom stereocenters. The van der Waals surface area contributed by atoms with Gasteiger partial charge in [0.2, 0.25) is 5.88 Å². The lowest BCUT2D eigenvalue weighted by molar-refractivity contribution is 0.102. The van der Waals surface area contributed by atoms with E-state index in [9.17, 15) is 9.59 Å². The molecule has 3 amide bonds. The number of nitrogens with one attached hydrogen (secondary N) is 3. The Balaban J connectivity index is 1.60. The van der Waals surface area contributed by atoms with Gasteiger partial charge in [0.05, 0.1) is 11.7 Å². The number of aromatic nitrogens is 1. The average Bonchev–Trinajstić information content (AvgIpc) is 2.69. The van der Waals surface area contributed by atoms with E-state index in [4.69, 9.17) is 4.74 Å². The molecule has 0 spiro atoms. The molecule has 7 heteroatoms. The zero-order valence-electron chi connectivity index (χ0n) is 16.2. The van der Waals surface area contributed by atoms with Gasteiger partial charge in [0.15, 0.2) is 0 Å². The summed E-state index contributed by atoms with van der Waals surface area (Å²) in [5, 5.41) is 8.27. The van der Waals surface area contributed by atoms with Crippen LogP contribution in [0.25, 0.3) is 0 Å². The van der Waals surface area contributed by atoms with Crippen LogP contribution in [0, 0.1) is 0 Å². The number of ether oxygens (including phenoxy) is 1. The second kappa shape index (κ2) is 9.36. The number of hydrogen-bond donors (Lipinski definition) is 3. The first-order chi connectivity index (χ1) is 14.0. The molecule has 2 aromatic carbocycles. The van der Waals surface area contributed by atoms with Crippen molar-refractivity contribution in [1.29, 1.82) is 0 Å². The third-order valence-electron chi connectivity index (χ3n) is 3.76. The minimum atomic E-state index is -0.371. The summed E-state index contributed by atoms with van der Waals surface area (Å²) in [4.78, 5) is 28.7. The zero-order chi connectivity index (χ0) is 20.6. The predicted molar refractivity (Wildman–Crippen MR) is 113 cm³/mol. The zero-order valence-corrected chi connectivity index (χ0v) is 16.2. The number of anilines is 3. The van der Waals surface area contributed by atoms with E-state index in [1.807, 2.05) is 32.0 Å². The number of para-hydroxylation sites is 1. The van der Waals surface area contributed by atoms with Gasteiger partial charge >= 0.3 is 6.03 Å². The molecule has 0 aliphatic heterocycles. The maximum atomic E-state index is 12.4.